The summed E-state index contributed by atoms with van der Waals surface area (Å²) in [6.45, 7) is 6.44. The summed E-state index contributed by atoms with van der Waals surface area (Å²) in [4.78, 5) is 34.8. The van der Waals surface area contributed by atoms with Gasteiger partial charge in [-0.2, -0.15) is 5.26 Å². The number of amides is 1. The van der Waals surface area contributed by atoms with Crippen LogP contribution in [0.4, 0.5) is 0 Å². The number of rotatable bonds is 8. The Labute approximate surface area is 237 Å². The average molecular weight is 535 g/mol. The Morgan fingerprint density at radius 1 is 0.900 bits per heavy atom. The Morgan fingerprint density at radius 3 is 2.27 bits per heavy atom. The van der Waals surface area contributed by atoms with Crippen molar-refractivity contribution in [1.29, 1.82) is 5.26 Å². The summed E-state index contributed by atoms with van der Waals surface area (Å²) in [7, 11) is 0. The second-order valence-corrected chi connectivity index (χ2v) is 11.5. The molecule has 0 bridgehead atoms. The second-order valence-electron chi connectivity index (χ2n) is 11.5. The molecule has 2 saturated heterocycles. The lowest BCUT2D eigenvalue weighted by Gasteiger charge is -2.32. The van der Waals surface area contributed by atoms with Crippen molar-refractivity contribution in [2.45, 2.75) is 52.0 Å². The summed E-state index contributed by atoms with van der Waals surface area (Å²) in [5.41, 5.74) is 5.57. The molecule has 5 rings (SSSR count). The minimum Gasteiger partial charge on any atom is -0.339 e. The van der Waals surface area contributed by atoms with E-state index in [1.54, 1.807) is 18.3 Å². The Kier molecular flexibility index (Phi) is 9.03. The van der Waals surface area contributed by atoms with E-state index >= 15 is 0 Å². The second kappa shape index (κ2) is 13.0. The average Bonchev–Trinajstić information content (AvgIpc) is 2.99. The van der Waals surface area contributed by atoms with Gasteiger partial charge in [-0.3, -0.25) is 19.5 Å². The van der Waals surface area contributed by atoms with Crippen molar-refractivity contribution >= 4 is 11.7 Å². The van der Waals surface area contributed by atoms with Crippen LogP contribution in [0.15, 0.2) is 66.9 Å². The minimum absolute atomic E-state index is 0.00939. The molecular weight excluding hydrogens is 496 g/mol. The Hall–Kier alpha value is -3.82. The monoisotopic (exact) mass is 534 g/mol. The Bertz CT molecular complexity index is 1340. The number of likely N-dealkylation sites (tertiary alicyclic amines) is 2. The van der Waals surface area contributed by atoms with Crippen LogP contribution in [0.1, 0.15) is 75.2 Å². The number of aryl methyl sites for hydroxylation is 1. The minimum atomic E-state index is 0.00939. The maximum absolute atomic E-state index is 13.1. The molecular formula is C34H38N4O2. The lowest BCUT2D eigenvalue weighted by molar-refractivity contribution is 0.0689. The van der Waals surface area contributed by atoms with Gasteiger partial charge in [0.1, 0.15) is 5.69 Å². The molecule has 0 radical (unpaired) electrons. The van der Waals surface area contributed by atoms with Crippen molar-refractivity contribution in [1.82, 2.24) is 14.8 Å². The first-order valence-electron chi connectivity index (χ1n) is 14.5. The van der Waals surface area contributed by atoms with E-state index in [4.69, 9.17) is 5.26 Å². The number of nitrogens with zero attached hydrogens (tertiary/aromatic N) is 4. The van der Waals surface area contributed by atoms with E-state index in [2.05, 4.69) is 47.1 Å². The Morgan fingerprint density at radius 2 is 1.62 bits per heavy atom. The predicted molar refractivity (Wildman–Crippen MR) is 156 cm³/mol. The van der Waals surface area contributed by atoms with Crippen molar-refractivity contribution < 1.29 is 9.59 Å². The first-order valence-corrected chi connectivity index (χ1v) is 14.5. The number of hydrogen-bond donors (Lipinski definition) is 0. The number of hydrogen-bond acceptors (Lipinski definition) is 5. The zero-order valence-corrected chi connectivity index (χ0v) is 23.4. The summed E-state index contributed by atoms with van der Waals surface area (Å²) in [6, 6.07) is 22.1. The van der Waals surface area contributed by atoms with Crippen LogP contribution in [-0.2, 0) is 13.0 Å². The molecule has 1 aromatic heterocycles. The van der Waals surface area contributed by atoms with E-state index in [0.29, 0.717) is 35.1 Å². The smallest absolute Gasteiger partial charge is 0.255 e. The topological polar surface area (TPSA) is 77.3 Å². The highest BCUT2D eigenvalue weighted by molar-refractivity contribution is 5.97. The van der Waals surface area contributed by atoms with E-state index in [1.165, 1.54) is 16.7 Å². The van der Waals surface area contributed by atoms with Gasteiger partial charge in [0.05, 0.1) is 17.2 Å². The van der Waals surface area contributed by atoms with Gasteiger partial charge in [-0.1, -0.05) is 42.0 Å². The third kappa shape index (κ3) is 7.22. The van der Waals surface area contributed by atoms with Gasteiger partial charge in [0.2, 0.25) is 0 Å². The van der Waals surface area contributed by atoms with Crippen LogP contribution in [0, 0.1) is 30.1 Å². The summed E-state index contributed by atoms with van der Waals surface area (Å²) < 4.78 is 0. The SMILES string of the molecule is Cc1cccc(CC2CCN(C(=O)c3ccc(C(=O)CC4CCN(Cc5ccc(C#N)cc5)CC4)nc3)CC2)c1. The maximum Gasteiger partial charge on any atom is 0.255 e. The summed E-state index contributed by atoms with van der Waals surface area (Å²) in [5.74, 6) is 1.03. The van der Waals surface area contributed by atoms with Crippen LogP contribution < -0.4 is 0 Å². The fraction of sp³-hybridized carbons (Fsp3) is 0.412. The molecule has 2 fully saturated rings. The van der Waals surface area contributed by atoms with Crippen LogP contribution in [0.2, 0.25) is 0 Å². The Balaban J connectivity index is 1.05. The third-order valence-electron chi connectivity index (χ3n) is 8.48. The van der Waals surface area contributed by atoms with Crippen molar-refractivity contribution in [3.8, 4) is 6.07 Å². The quantitative estimate of drug-likeness (QED) is 0.339. The summed E-state index contributed by atoms with van der Waals surface area (Å²) >= 11 is 0. The number of Topliss-reactive ketones (excluding diaryl/α,β-unsaturated/α-hetero) is 1. The molecule has 6 nitrogen and oxygen atoms in total. The number of ketones is 1. The highest BCUT2D eigenvalue weighted by Gasteiger charge is 2.25. The first kappa shape index (κ1) is 27.7. The summed E-state index contributed by atoms with van der Waals surface area (Å²) in [6.07, 6.45) is 7.13. The van der Waals surface area contributed by atoms with E-state index < -0.39 is 0 Å². The van der Waals surface area contributed by atoms with Crippen molar-refractivity contribution in [3.05, 3.63) is 100 Å². The van der Waals surface area contributed by atoms with Crippen molar-refractivity contribution in [2.24, 2.45) is 11.8 Å². The largest absolute Gasteiger partial charge is 0.339 e. The van der Waals surface area contributed by atoms with Gasteiger partial charge in [0, 0.05) is 32.3 Å². The third-order valence-corrected chi connectivity index (χ3v) is 8.48. The number of benzene rings is 2. The molecule has 0 aliphatic carbocycles. The molecule has 2 aromatic carbocycles. The van der Waals surface area contributed by atoms with Gasteiger partial charge in [-0.25, -0.2) is 0 Å². The lowest BCUT2D eigenvalue weighted by Crippen LogP contribution is -2.39. The normalized spacial score (nSPS) is 16.9. The van der Waals surface area contributed by atoms with Gasteiger partial charge in [-0.15, -0.1) is 0 Å². The summed E-state index contributed by atoms with van der Waals surface area (Å²) in [5, 5.41) is 8.97. The molecule has 0 spiro atoms. The van der Waals surface area contributed by atoms with Gasteiger partial charge >= 0.3 is 0 Å². The molecule has 0 saturated carbocycles. The van der Waals surface area contributed by atoms with Gasteiger partial charge in [-0.05, 0) is 99.3 Å². The van der Waals surface area contributed by atoms with Gasteiger partial charge in [0.25, 0.3) is 5.91 Å². The van der Waals surface area contributed by atoms with Crippen molar-refractivity contribution in [2.75, 3.05) is 26.2 Å². The van der Waals surface area contributed by atoms with E-state index in [1.807, 2.05) is 29.2 Å². The highest BCUT2D eigenvalue weighted by atomic mass is 16.2. The number of carbonyl (C=O) groups excluding carboxylic acids is 2. The molecule has 206 valence electrons. The molecule has 3 heterocycles. The fourth-order valence-corrected chi connectivity index (χ4v) is 6.04. The fourth-order valence-electron chi connectivity index (χ4n) is 6.04. The number of piperidine rings is 2. The van der Waals surface area contributed by atoms with Crippen LogP contribution >= 0.6 is 0 Å². The van der Waals surface area contributed by atoms with E-state index in [9.17, 15) is 9.59 Å². The van der Waals surface area contributed by atoms with Crippen molar-refractivity contribution in [3.63, 3.8) is 0 Å². The predicted octanol–water partition coefficient (Wildman–Crippen LogP) is 5.84. The highest BCUT2D eigenvalue weighted by Crippen LogP contribution is 2.25. The number of carbonyl (C=O) groups is 2. The van der Waals surface area contributed by atoms with Crippen LogP contribution in [0.25, 0.3) is 0 Å². The standard InChI is InChI=1S/C34H38N4O2/c1-25-3-2-4-30(19-25)20-26-13-17-38(18-14-26)34(40)31-9-10-32(36-23-31)33(39)21-27-11-15-37(16-12-27)24-29-7-5-28(22-35)6-8-29/h2-10,19,23,26-27H,11-18,20-21,24H2,1H3. The first-order chi connectivity index (χ1) is 19.5. The van der Waals surface area contributed by atoms with E-state index in [0.717, 1.165) is 64.8 Å². The molecule has 0 atom stereocenters. The molecule has 3 aromatic rings. The van der Waals surface area contributed by atoms with Gasteiger partial charge < -0.3 is 4.90 Å². The molecule has 0 unspecified atom stereocenters. The maximum atomic E-state index is 13.1. The lowest BCUT2D eigenvalue weighted by atomic mass is 9.89. The number of pyridine rings is 1. The van der Waals surface area contributed by atoms with Crippen LogP contribution in [0.3, 0.4) is 0 Å². The molecule has 6 heteroatoms. The number of aromatic nitrogens is 1. The van der Waals surface area contributed by atoms with E-state index in [-0.39, 0.29) is 11.7 Å². The van der Waals surface area contributed by atoms with Crippen LogP contribution in [-0.4, -0.2) is 52.7 Å². The molecule has 2 aliphatic heterocycles. The number of nitriles is 1. The molecule has 2 aliphatic rings. The van der Waals surface area contributed by atoms with Crippen LogP contribution in [0.5, 0.6) is 0 Å². The van der Waals surface area contributed by atoms with Gasteiger partial charge in [0.15, 0.2) is 5.78 Å². The molecule has 1 amide bonds. The molecule has 40 heavy (non-hydrogen) atoms. The zero-order valence-electron chi connectivity index (χ0n) is 23.4. The molecule has 0 N–H and O–H groups in total. The zero-order chi connectivity index (χ0) is 27.9.